The molecule has 0 unspecified atom stereocenters. The fraction of sp³-hybridized carbons (Fsp3) is 0.200. The number of nitrogens with zero attached hydrogens (tertiary/aromatic N) is 1. The summed E-state index contributed by atoms with van der Waals surface area (Å²) in [4.78, 5) is 14.8. The Kier molecular flexibility index (Phi) is 1.96. The number of carboxylic acids is 1. The predicted molar refractivity (Wildman–Crippen MR) is 51.5 cm³/mol. The molecule has 1 aliphatic rings. The number of carbonyl (C=O) groups is 1. The van der Waals surface area contributed by atoms with Gasteiger partial charge >= 0.3 is 5.97 Å². The number of aliphatic imine (C=N–C) groups is 1. The van der Waals surface area contributed by atoms with Crippen LogP contribution in [-0.2, 0) is 4.79 Å². The number of hydrogen-bond donors (Lipinski definition) is 1. The third-order valence-electron chi connectivity index (χ3n) is 2.20. The van der Waals surface area contributed by atoms with Gasteiger partial charge in [0.05, 0.1) is 12.8 Å². The number of fused-ring (bicyclic) bond motifs is 1. The molecular weight excluding hydrogens is 182 g/mol. The van der Waals surface area contributed by atoms with Crippen molar-refractivity contribution in [3.63, 3.8) is 0 Å². The third-order valence-corrected chi connectivity index (χ3v) is 2.20. The molecule has 1 aromatic carbocycles. The normalized spacial score (nSPS) is 17.9. The molecule has 1 N–H and O–H groups in total. The Labute approximate surface area is 80.8 Å². The standard InChI is InChI=1S/C10H9NO3/c1-14-6-2-3-7-8(10(12)13)5-11-9(7)4-6/h2-5,8H,1H3,(H,12,13)/t8-/m1/s1. The smallest absolute Gasteiger partial charge is 0.316 e. The molecule has 1 aliphatic heterocycles. The van der Waals surface area contributed by atoms with Gasteiger partial charge in [-0.05, 0) is 11.6 Å². The van der Waals surface area contributed by atoms with Gasteiger partial charge in [0, 0.05) is 12.3 Å². The number of hydrogen-bond acceptors (Lipinski definition) is 3. The van der Waals surface area contributed by atoms with Crippen molar-refractivity contribution >= 4 is 17.9 Å². The summed E-state index contributed by atoms with van der Waals surface area (Å²) in [5.41, 5.74) is 1.40. The zero-order valence-electron chi connectivity index (χ0n) is 7.60. The van der Waals surface area contributed by atoms with Crippen LogP contribution in [0.2, 0.25) is 0 Å². The maximum atomic E-state index is 10.8. The molecule has 4 heteroatoms. The summed E-state index contributed by atoms with van der Waals surface area (Å²) in [5, 5.41) is 8.86. The highest BCUT2D eigenvalue weighted by atomic mass is 16.5. The zero-order chi connectivity index (χ0) is 10.1. The van der Waals surface area contributed by atoms with Crippen LogP contribution in [0.15, 0.2) is 23.2 Å². The van der Waals surface area contributed by atoms with E-state index in [0.717, 1.165) is 5.56 Å². The van der Waals surface area contributed by atoms with E-state index in [9.17, 15) is 4.79 Å². The van der Waals surface area contributed by atoms with E-state index < -0.39 is 11.9 Å². The molecule has 0 aliphatic carbocycles. The minimum absolute atomic E-state index is 0.615. The molecule has 0 radical (unpaired) electrons. The topological polar surface area (TPSA) is 58.9 Å². The van der Waals surface area contributed by atoms with Gasteiger partial charge in [0.25, 0.3) is 0 Å². The van der Waals surface area contributed by atoms with Crippen LogP contribution >= 0.6 is 0 Å². The van der Waals surface area contributed by atoms with Crippen molar-refractivity contribution in [1.29, 1.82) is 0 Å². The maximum absolute atomic E-state index is 10.8. The van der Waals surface area contributed by atoms with E-state index >= 15 is 0 Å². The first-order chi connectivity index (χ1) is 6.72. The van der Waals surface area contributed by atoms with Crippen LogP contribution in [0.1, 0.15) is 11.5 Å². The minimum Gasteiger partial charge on any atom is -0.497 e. The SMILES string of the molecule is COc1ccc2c(c1)N=C[C@H]2C(=O)O. The predicted octanol–water partition coefficient (Wildman–Crippen LogP) is 1.58. The van der Waals surface area contributed by atoms with Crippen LogP contribution in [0.3, 0.4) is 0 Å². The molecule has 0 aromatic heterocycles. The Morgan fingerprint density at radius 3 is 3.00 bits per heavy atom. The van der Waals surface area contributed by atoms with Crippen LogP contribution in [0.25, 0.3) is 0 Å². The van der Waals surface area contributed by atoms with E-state index in [1.54, 1.807) is 25.3 Å². The lowest BCUT2D eigenvalue weighted by molar-refractivity contribution is -0.136. The maximum Gasteiger partial charge on any atom is 0.316 e. The molecule has 1 heterocycles. The molecule has 4 nitrogen and oxygen atoms in total. The molecule has 1 aromatic rings. The summed E-state index contributed by atoms with van der Waals surface area (Å²) in [6, 6.07) is 5.21. The third kappa shape index (κ3) is 1.25. The van der Waals surface area contributed by atoms with Gasteiger partial charge in [-0.1, -0.05) is 6.07 Å². The molecule has 0 amide bonds. The van der Waals surface area contributed by atoms with E-state index in [1.807, 2.05) is 0 Å². The molecule has 14 heavy (non-hydrogen) atoms. The Bertz CT molecular complexity index is 412. The molecular formula is C10H9NO3. The molecule has 0 bridgehead atoms. The first-order valence-corrected chi connectivity index (χ1v) is 4.17. The van der Waals surface area contributed by atoms with Gasteiger partial charge in [-0.25, -0.2) is 0 Å². The van der Waals surface area contributed by atoms with E-state index in [1.165, 1.54) is 6.21 Å². The van der Waals surface area contributed by atoms with Crippen molar-refractivity contribution in [2.75, 3.05) is 7.11 Å². The van der Waals surface area contributed by atoms with Gasteiger partial charge in [-0.15, -0.1) is 0 Å². The summed E-state index contributed by atoms with van der Waals surface area (Å²) in [6.45, 7) is 0. The van der Waals surface area contributed by atoms with Gasteiger partial charge in [-0.3, -0.25) is 9.79 Å². The molecule has 0 saturated carbocycles. The van der Waals surface area contributed by atoms with Crippen molar-refractivity contribution in [1.82, 2.24) is 0 Å². The Morgan fingerprint density at radius 1 is 1.57 bits per heavy atom. The summed E-state index contributed by atoms with van der Waals surface area (Å²) >= 11 is 0. The number of rotatable bonds is 2. The average Bonchev–Trinajstić information content (AvgIpc) is 2.59. The Balaban J connectivity index is 2.43. The highest BCUT2D eigenvalue weighted by molar-refractivity contribution is 6.00. The van der Waals surface area contributed by atoms with E-state index in [4.69, 9.17) is 9.84 Å². The van der Waals surface area contributed by atoms with Crippen molar-refractivity contribution in [2.24, 2.45) is 4.99 Å². The fourth-order valence-corrected chi connectivity index (χ4v) is 1.46. The first-order valence-electron chi connectivity index (χ1n) is 4.17. The molecule has 72 valence electrons. The summed E-state index contributed by atoms with van der Waals surface area (Å²) in [6.07, 6.45) is 1.44. The molecule has 0 saturated heterocycles. The van der Waals surface area contributed by atoms with Gasteiger partial charge in [-0.2, -0.15) is 0 Å². The first kappa shape index (κ1) is 8.74. The van der Waals surface area contributed by atoms with Gasteiger partial charge in [0.2, 0.25) is 0 Å². The fourth-order valence-electron chi connectivity index (χ4n) is 1.46. The summed E-state index contributed by atoms with van der Waals surface area (Å²) < 4.78 is 5.01. The lowest BCUT2D eigenvalue weighted by Gasteiger charge is -2.05. The molecule has 0 fully saturated rings. The number of benzene rings is 1. The number of aliphatic carboxylic acids is 1. The van der Waals surface area contributed by atoms with Crippen molar-refractivity contribution in [2.45, 2.75) is 5.92 Å². The second kappa shape index (κ2) is 3.14. The molecule has 0 spiro atoms. The number of carboxylic acid groups (broad SMARTS) is 1. The monoisotopic (exact) mass is 191 g/mol. The molecule has 1 atom stereocenters. The lowest BCUT2D eigenvalue weighted by atomic mass is 10.0. The van der Waals surface area contributed by atoms with Crippen LogP contribution in [0.5, 0.6) is 5.75 Å². The summed E-state index contributed by atoms with van der Waals surface area (Å²) in [7, 11) is 1.56. The van der Waals surface area contributed by atoms with Gasteiger partial charge in [0.15, 0.2) is 0 Å². The van der Waals surface area contributed by atoms with Crippen LogP contribution in [0.4, 0.5) is 5.69 Å². The van der Waals surface area contributed by atoms with E-state index in [-0.39, 0.29) is 0 Å². The highest BCUT2D eigenvalue weighted by Crippen LogP contribution is 2.34. The Morgan fingerprint density at radius 2 is 2.36 bits per heavy atom. The second-order valence-electron chi connectivity index (χ2n) is 3.02. The van der Waals surface area contributed by atoms with Crippen molar-refractivity contribution < 1.29 is 14.6 Å². The lowest BCUT2D eigenvalue weighted by Crippen LogP contribution is -2.09. The van der Waals surface area contributed by atoms with E-state index in [2.05, 4.69) is 4.99 Å². The van der Waals surface area contributed by atoms with Crippen molar-refractivity contribution in [3.05, 3.63) is 23.8 Å². The average molecular weight is 191 g/mol. The highest BCUT2D eigenvalue weighted by Gasteiger charge is 2.25. The Hall–Kier alpha value is -1.84. The van der Waals surface area contributed by atoms with Crippen LogP contribution in [-0.4, -0.2) is 24.4 Å². The van der Waals surface area contributed by atoms with E-state index in [0.29, 0.717) is 11.4 Å². The summed E-state index contributed by atoms with van der Waals surface area (Å²) in [5.74, 6) is -0.805. The number of methoxy groups -OCH3 is 1. The number of ether oxygens (including phenoxy) is 1. The largest absolute Gasteiger partial charge is 0.497 e. The quantitative estimate of drug-likeness (QED) is 0.772. The van der Waals surface area contributed by atoms with Crippen molar-refractivity contribution in [3.8, 4) is 5.75 Å². The van der Waals surface area contributed by atoms with Gasteiger partial charge in [0.1, 0.15) is 11.7 Å². The zero-order valence-corrected chi connectivity index (χ0v) is 7.60. The minimum atomic E-state index is -0.877. The van der Waals surface area contributed by atoms with Crippen LogP contribution in [0, 0.1) is 0 Å². The molecule has 2 rings (SSSR count). The van der Waals surface area contributed by atoms with Crippen LogP contribution < -0.4 is 4.74 Å². The van der Waals surface area contributed by atoms with Gasteiger partial charge < -0.3 is 9.84 Å². The second-order valence-corrected chi connectivity index (χ2v) is 3.02.